The molecule has 19 heavy (non-hydrogen) atoms. The molecule has 2 N–H and O–H groups in total. The number of anilines is 1. The van der Waals surface area contributed by atoms with E-state index in [9.17, 15) is 8.42 Å². The summed E-state index contributed by atoms with van der Waals surface area (Å²) in [5.74, 6) is 0. The van der Waals surface area contributed by atoms with Crippen LogP contribution in [0.1, 0.15) is 11.8 Å². The van der Waals surface area contributed by atoms with Crippen LogP contribution < -0.4 is 10.0 Å². The number of aromatic nitrogens is 2. The highest BCUT2D eigenvalue weighted by atomic mass is 32.2. The quantitative estimate of drug-likeness (QED) is 0.843. The van der Waals surface area contributed by atoms with E-state index in [1.54, 1.807) is 24.0 Å². The zero-order chi connectivity index (χ0) is 13.7. The molecule has 2 aromatic rings. The summed E-state index contributed by atoms with van der Waals surface area (Å²) in [4.78, 5) is 8.78. The summed E-state index contributed by atoms with van der Waals surface area (Å²) in [7, 11) is -3.59. The van der Waals surface area contributed by atoms with Gasteiger partial charge in [-0.25, -0.2) is 13.1 Å². The Hall–Kier alpha value is -1.51. The maximum Gasteiger partial charge on any atom is 0.244 e. The van der Waals surface area contributed by atoms with Crippen LogP contribution in [-0.2, 0) is 16.6 Å². The van der Waals surface area contributed by atoms with E-state index in [1.807, 2.05) is 6.92 Å². The van der Waals surface area contributed by atoms with Gasteiger partial charge in [-0.15, -0.1) is 11.3 Å². The first-order valence-electron chi connectivity index (χ1n) is 5.68. The molecular weight excluding hydrogens is 284 g/mol. The van der Waals surface area contributed by atoms with E-state index in [2.05, 4.69) is 20.0 Å². The summed E-state index contributed by atoms with van der Waals surface area (Å²) in [5, 5.41) is 3.01. The van der Waals surface area contributed by atoms with E-state index in [4.69, 9.17) is 0 Å². The molecule has 6 nitrogen and oxygen atoms in total. The third-order valence-electron chi connectivity index (χ3n) is 2.36. The summed E-state index contributed by atoms with van der Waals surface area (Å²) in [6.07, 6.45) is 4.54. The fraction of sp³-hybridized carbons (Fsp3) is 0.273. The molecule has 0 radical (unpaired) electrons. The van der Waals surface area contributed by atoms with E-state index in [0.29, 0.717) is 12.2 Å². The molecule has 0 fully saturated rings. The van der Waals surface area contributed by atoms with Gasteiger partial charge < -0.3 is 5.32 Å². The van der Waals surface area contributed by atoms with Gasteiger partial charge in [-0.05, 0) is 13.0 Å². The van der Waals surface area contributed by atoms with Crippen LogP contribution in [0, 0.1) is 0 Å². The van der Waals surface area contributed by atoms with E-state index in [0.717, 1.165) is 4.88 Å². The average Bonchev–Trinajstić information content (AvgIpc) is 2.91. The number of hydrogen-bond acceptors (Lipinski definition) is 6. The summed E-state index contributed by atoms with van der Waals surface area (Å²) < 4.78 is 27.0. The summed E-state index contributed by atoms with van der Waals surface area (Å²) in [6.45, 7) is 2.77. The maximum atomic E-state index is 12.2. The normalized spacial score (nSPS) is 11.4. The zero-order valence-corrected chi connectivity index (χ0v) is 12.0. The van der Waals surface area contributed by atoms with Gasteiger partial charge in [0.15, 0.2) is 0 Å². The minimum atomic E-state index is -3.59. The van der Waals surface area contributed by atoms with Crippen molar-refractivity contribution in [3.05, 3.63) is 35.0 Å². The Labute approximate surface area is 116 Å². The Morgan fingerprint density at radius 3 is 2.84 bits per heavy atom. The van der Waals surface area contributed by atoms with Crippen molar-refractivity contribution >= 4 is 27.0 Å². The molecule has 0 spiro atoms. The lowest BCUT2D eigenvalue weighted by Crippen LogP contribution is -2.24. The molecule has 0 unspecified atom stereocenters. The van der Waals surface area contributed by atoms with Crippen LogP contribution in [0.25, 0.3) is 0 Å². The maximum absolute atomic E-state index is 12.2. The number of pyridine rings is 1. The lowest BCUT2D eigenvalue weighted by Gasteiger charge is -2.11. The van der Waals surface area contributed by atoms with Crippen LogP contribution in [0.2, 0.25) is 0 Å². The highest BCUT2D eigenvalue weighted by molar-refractivity contribution is 7.89. The van der Waals surface area contributed by atoms with Gasteiger partial charge >= 0.3 is 0 Å². The Morgan fingerprint density at radius 1 is 1.32 bits per heavy atom. The van der Waals surface area contributed by atoms with Crippen molar-refractivity contribution in [2.24, 2.45) is 0 Å². The molecule has 0 saturated heterocycles. The van der Waals surface area contributed by atoms with Crippen molar-refractivity contribution in [2.75, 3.05) is 11.9 Å². The van der Waals surface area contributed by atoms with Gasteiger partial charge in [-0.3, -0.25) is 9.97 Å². The molecule has 0 aliphatic heterocycles. The van der Waals surface area contributed by atoms with Crippen LogP contribution in [0.15, 0.2) is 35.1 Å². The van der Waals surface area contributed by atoms with Crippen molar-refractivity contribution in [3.63, 3.8) is 0 Å². The van der Waals surface area contributed by atoms with Gasteiger partial charge in [0.25, 0.3) is 0 Å². The fourth-order valence-corrected chi connectivity index (χ4v) is 3.26. The number of nitrogens with zero attached hydrogens (tertiary/aromatic N) is 2. The molecule has 0 saturated carbocycles. The number of rotatable bonds is 6. The van der Waals surface area contributed by atoms with Crippen molar-refractivity contribution in [2.45, 2.75) is 18.4 Å². The third-order valence-corrected chi connectivity index (χ3v) is 4.57. The SMILES string of the molecule is CCNc1ccncc1S(=O)(=O)NCc1cncs1. The lowest BCUT2D eigenvalue weighted by molar-refractivity contribution is 0.581. The molecule has 0 aliphatic rings. The first-order valence-corrected chi connectivity index (χ1v) is 8.04. The van der Waals surface area contributed by atoms with Crippen molar-refractivity contribution in [1.82, 2.24) is 14.7 Å². The minimum absolute atomic E-state index is 0.154. The van der Waals surface area contributed by atoms with Gasteiger partial charge in [-0.2, -0.15) is 0 Å². The van der Waals surface area contributed by atoms with Crippen LogP contribution >= 0.6 is 11.3 Å². The van der Waals surface area contributed by atoms with E-state index < -0.39 is 10.0 Å². The van der Waals surface area contributed by atoms with E-state index in [-0.39, 0.29) is 11.4 Å². The predicted molar refractivity (Wildman–Crippen MR) is 74.5 cm³/mol. The fourth-order valence-electron chi connectivity index (χ4n) is 1.50. The Balaban J connectivity index is 2.19. The van der Waals surface area contributed by atoms with Crippen LogP contribution in [0.5, 0.6) is 0 Å². The molecular formula is C11H14N4O2S2. The molecule has 2 aromatic heterocycles. The number of hydrogen-bond donors (Lipinski definition) is 2. The Bertz CT molecular complexity index is 626. The zero-order valence-electron chi connectivity index (χ0n) is 10.3. The van der Waals surface area contributed by atoms with Crippen molar-refractivity contribution < 1.29 is 8.42 Å². The topological polar surface area (TPSA) is 84.0 Å². The van der Waals surface area contributed by atoms with Crippen LogP contribution in [-0.4, -0.2) is 24.9 Å². The van der Waals surface area contributed by atoms with Gasteiger partial charge in [0.1, 0.15) is 4.90 Å². The molecule has 0 aliphatic carbocycles. The largest absolute Gasteiger partial charge is 0.384 e. The summed E-state index contributed by atoms with van der Waals surface area (Å²) in [6, 6.07) is 1.64. The highest BCUT2D eigenvalue weighted by Crippen LogP contribution is 2.19. The molecule has 0 aromatic carbocycles. The number of nitrogens with one attached hydrogen (secondary N) is 2. The Morgan fingerprint density at radius 2 is 2.16 bits per heavy atom. The van der Waals surface area contributed by atoms with Gasteiger partial charge in [0.05, 0.1) is 11.2 Å². The standard InChI is InChI=1S/C11H14N4O2S2/c1-2-14-10-3-4-12-7-11(10)19(16,17)15-6-9-5-13-8-18-9/h3-5,7-8,15H,2,6H2,1H3,(H,12,14). The molecule has 0 atom stereocenters. The monoisotopic (exact) mass is 298 g/mol. The number of thiazole rings is 1. The van der Waals surface area contributed by atoms with E-state index >= 15 is 0 Å². The van der Waals surface area contributed by atoms with E-state index in [1.165, 1.54) is 17.5 Å². The molecule has 0 bridgehead atoms. The Kier molecular flexibility index (Phi) is 4.46. The highest BCUT2D eigenvalue weighted by Gasteiger charge is 2.18. The first-order chi connectivity index (χ1) is 9.13. The second-order valence-electron chi connectivity index (χ2n) is 3.69. The van der Waals surface area contributed by atoms with Gasteiger partial charge in [0, 0.05) is 36.6 Å². The molecule has 2 rings (SSSR count). The molecule has 2 heterocycles. The van der Waals surface area contributed by atoms with Crippen LogP contribution in [0.4, 0.5) is 5.69 Å². The minimum Gasteiger partial charge on any atom is -0.384 e. The molecule has 0 amide bonds. The van der Waals surface area contributed by atoms with Gasteiger partial charge in [0.2, 0.25) is 10.0 Å². The summed E-state index contributed by atoms with van der Waals surface area (Å²) >= 11 is 1.40. The van der Waals surface area contributed by atoms with Gasteiger partial charge in [-0.1, -0.05) is 0 Å². The van der Waals surface area contributed by atoms with Crippen molar-refractivity contribution in [1.29, 1.82) is 0 Å². The second-order valence-corrected chi connectivity index (χ2v) is 6.40. The summed E-state index contributed by atoms with van der Waals surface area (Å²) in [5.41, 5.74) is 2.21. The first kappa shape index (κ1) is 13.9. The predicted octanol–water partition coefficient (Wildman–Crippen LogP) is 1.45. The third kappa shape index (κ3) is 3.49. The van der Waals surface area contributed by atoms with Crippen molar-refractivity contribution in [3.8, 4) is 0 Å². The number of sulfonamides is 1. The van der Waals surface area contributed by atoms with Crippen LogP contribution in [0.3, 0.4) is 0 Å². The second kappa shape index (κ2) is 6.09. The smallest absolute Gasteiger partial charge is 0.244 e. The molecule has 102 valence electrons. The lowest BCUT2D eigenvalue weighted by atomic mass is 10.4. The molecule has 8 heteroatoms. The average molecular weight is 298 g/mol.